The maximum Gasteiger partial charge on any atom is 0.306 e. The Bertz CT molecular complexity index is 1200. The van der Waals surface area contributed by atoms with Gasteiger partial charge in [-0.1, -0.05) is 261 Å². The summed E-state index contributed by atoms with van der Waals surface area (Å²) in [6, 6.07) is 0. The Hall–Kier alpha value is -2.89. The quantitative estimate of drug-likeness (QED) is 0.0199. The van der Waals surface area contributed by atoms with Gasteiger partial charge < -0.3 is 14.2 Å². The number of ether oxygens (including phenoxy) is 3. The molecule has 0 amide bonds. The topological polar surface area (TPSA) is 78.9 Å². The van der Waals surface area contributed by atoms with Crippen LogP contribution < -0.4 is 0 Å². The van der Waals surface area contributed by atoms with Crippen molar-refractivity contribution in [2.24, 2.45) is 0 Å². The molecule has 0 spiro atoms. The SMILES string of the molecule is CC\C=C/C=C\C=C/C=C\CCCCCCCC(=O)OCC(COC(=O)CCCCCCCCCCCCCCCCCCC)OC(=O)CCCCCCC/C=C\CCCCCCCCC. The van der Waals surface area contributed by atoms with Crippen molar-refractivity contribution in [1.82, 2.24) is 0 Å². The van der Waals surface area contributed by atoms with Gasteiger partial charge in [0.05, 0.1) is 0 Å². The maximum absolute atomic E-state index is 12.8. The third kappa shape index (κ3) is 52.1. The highest BCUT2D eigenvalue weighted by Crippen LogP contribution is 2.16. The molecule has 0 rings (SSSR count). The molecule has 0 bridgehead atoms. The summed E-state index contributed by atoms with van der Waals surface area (Å²) in [4.78, 5) is 38.1. The van der Waals surface area contributed by atoms with Gasteiger partial charge in [-0.05, 0) is 64.2 Å². The zero-order chi connectivity index (χ0) is 47.9. The summed E-state index contributed by atoms with van der Waals surface area (Å²) in [6.07, 6.45) is 67.8. The van der Waals surface area contributed by atoms with Crippen LogP contribution in [-0.2, 0) is 28.6 Å². The molecule has 0 aliphatic rings. The maximum atomic E-state index is 12.8. The zero-order valence-electron chi connectivity index (χ0n) is 43.7. The van der Waals surface area contributed by atoms with E-state index in [1.54, 1.807) is 0 Å². The van der Waals surface area contributed by atoms with Gasteiger partial charge in [0.25, 0.3) is 0 Å². The second-order valence-corrected chi connectivity index (χ2v) is 18.9. The molecule has 66 heavy (non-hydrogen) atoms. The van der Waals surface area contributed by atoms with Crippen molar-refractivity contribution >= 4 is 17.9 Å². The van der Waals surface area contributed by atoms with Crippen LogP contribution >= 0.6 is 0 Å². The summed E-state index contributed by atoms with van der Waals surface area (Å²) in [7, 11) is 0. The minimum atomic E-state index is -0.786. The molecule has 0 saturated carbocycles. The number of hydrogen-bond acceptors (Lipinski definition) is 6. The van der Waals surface area contributed by atoms with Gasteiger partial charge in [-0.3, -0.25) is 14.4 Å². The molecule has 0 saturated heterocycles. The minimum Gasteiger partial charge on any atom is -0.462 e. The summed E-state index contributed by atoms with van der Waals surface area (Å²) in [5, 5.41) is 0. The molecule has 0 aliphatic carbocycles. The van der Waals surface area contributed by atoms with Gasteiger partial charge in [0, 0.05) is 19.3 Å². The number of carbonyl (C=O) groups is 3. The first kappa shape index (κ1) is 63.1. The van der Waals surface area contributed by atoms with E-state index in [9.17, 15) is 14.4 Å². The Kier molecular flexibility index (Phi) is 52.3. The predicted molar refractivity (Wildman–Crippen MR) is 284 cm³/mol. The molecule has 382 valence electrons. The molecule has 0 heterocycles. The normalized spacial score (nSPS) is 12.5. The molecule has 0 aliphatic heterocycles. The van der Waals surface area contributed by atoms with E-state index in [2.05, 4.69) is 63.3 Å². The molecule has 0 N–H and O–H groups in total. The minimum absolute atomic E-state index is 0.0828. The van der Waals surface area contributed by atoms with Crippen molar-refractivity contribution in [3.63, 3.8) is 0 Å². The second-order valence-electron chi connectivity index (χ2n) is 18.9. The van der Waals surface area contributed by atoms with Crippen LogP contribution in [0.3, 0.4) is 0 Å². The molecule has 6 nitrogen and oxygen atoms in total. The van der Waals surface area contributed by atoms with Crippen LogP contribution in [0.5, 0.6) is 0 Å². The summed E-state index contributed by atoms with van der Waals surface area (Å²) < 4.78 is 16.8. The van der Waals surface area contributed by atoms with E-state index in [1.165, 1.54) is 148 Å². The fourth-order valence-corrected chi connectivity index (χ4v) is 8.10. The van der Waals surface area contributed by atoms with Crippen LogP contribution in [0.15, 0.2) is 60.8 Å². The van der Waals surface area contributed by atoms with Crippen molar-refractivity contribution in [1.29, 1.82) is 0 Å². The lowest BCUT2D eigenvalue weighted by atomic mass is 10.0. The van der Waals surface area contributed by atoms with Gasteiger partial charge >= 0.3 is 17.9 Å². The van der Waals surface area contributed by atoms with E-state index in [1.807, 2.05) is 18.2 Å². The van der Waals surface area contributed by atoms with E-state index in [-0.39, 0.29) is 31.1 Å². The lowest BCUT2D eigenvalue weighted by molar-refractivity contribution is -0.167. The molecule has 0 radical (unpaired) electrons. The Labute approximate surface area is 409 Å². The van der Waals surface area contributed by atoms with E-state index in [0.717, 1.165) is 96.3 Å². The molecule has 0 aromatic rings. The molecular formula is C60H106O6. The van der Waals surface area contributed by atoms with Gasteiger partial charge in [-0.25, -0.2) is 0 Å². The molecule has 0 fully saturated rings. The fraction of sp³-hybridized carbons (Fsp3) is 0.783. The highest BCUT2D eigenvalue weighted by atomic mass is 16.6. The fourth-order valence-electron chi connectivity index (χ4n) is 8.10. The molecule has 6 heteroatoms. The van der Waals surface area contributed by atoms with E-state index in [4.69, 9.17) is 14.2 Å². The number of rotatable bonds is 51. The average Bonchev–Trinajstić information content (AvgIpc) is 3.31. The summed E-state index contributed by atoms with van der Waals surface area (Å²) in [5.41, 5.74) is 0. The van der Waals surface area contributed by atoms with Gasteiger partial charge in [-0.2, -0.15) is 0 Å². The zero-order valence-corrected chi connectivity index (χ0v) is 43.7. The van der Waals surface area contributed by atoms with Gasteiger partial charge in [0.2, 0.25) is 0 Å². The molecule has 1 atom stereocenters. The van der Waals surface area contributed by atoms with Crippen molar-refractivity contribution in [3.05, 3.63) is 60.8 Å². The van der Waals surface area contributed by atoms with Gasteiger partial charge in [-0.15, -0.1) is 0 Å². The Morgan fingerprint density at radius 3 is 0.970 bits per heavy atom. The van der Waals surface area contributed by atoms with Gasteiger partial charge in [0.15, 0.2) is 6.10 Å². The van der Waals surface area contributed by atoms with Crippen LogP contribution in [0.1, 0.15) is 284 Å². The predicted octanol–water partition coefficient (Wildman–Crippen LogP) is 18.8. The average molecular weight is 924 g/mol. The largest absolute Gasteiger partial charge is 0.462 e. The standard InChI is InChI=1S/C60H106O6/c1-4-7-10-13-16-19-22-25-28-30-33-35-38-41-44-47-50-53-59(62)65-56-57(55-64-58(61)52-49-46-43-40-37-34-31-27-24-21-18-15-12-9-6-3)66-60(63)54-51-48-45-42-39-36-32-29-26-23-20-17-14-11-8-5-2/h9,12,15,18,21,24,27,29,31-32,57H,4-8,10-11,13-14,16-17,19-20,22-23,25-26,28,30,33-56H2,1-3H3/b12-9-,18-15-,24-21-,31-27-,32-29-. The molecule has 0 aromatic heterocycles. The molecular weight excluding hydrogens is 817 g/mol. The smallest absolute Gasteiger partial charge is 0.306 e. The molecule has 1 unspecified atom stereocenters. The van der Waals surface area contributed by atoms with Gasteiger partial charge in [0.1, 0.15) is 13.2 Å². The Balaban J connectivity index is 4.40. The third-order valence-electron chi connectivity index (χ3n) is 12.4. The van der Waals surface area contributed by atoms with Crippen LogP contribution in [-0.4, -0.2) is 37.2 Å². The lowest BCUT2D eigenvalue weighted by Crippen LogP contribution is -2.30. The van der Waals surface area contributed by atoms with Crippen molar-refractivity contribution < 1.29 is 28.6 Å². The van der Waals surface area contributed by atoms with Crippen LogP contribution in [0.4, 0.5) is 0 Å². The van der Waals surface area contributed by atoms with E-state index >= 15 is 0 Å². The monoisotopic (exact) mass is 923 g/mol. The highest BCUT2D eigenvalue weighted by molar-refractivity contribution is 5.71. The second kappa shape index (κ2) is 54.7. The first-order chi connectivity index (χ1) is 32.5. The third-order valence-corrected chi connectivity index (χ3v) is 12.4. The van der Waals surface area contributed by atoms with Crippen LogP contribution in [0.25, 0.3) is 0 Å². The Morgan fingerprint density at radius 1 is 0.318 bits per heavy atom. The Morgan fingerprint density at radius 2 is 0.606 bits per heavy atom. The van der Waals surface area contributed by atoms with Crippen molar-refractivity contribution in [2.45, 2.75) is 290 Å². The lowest BCUT2D eigenvalue weighted by Gasteiger charge is -2.18. The van der Waals surface area contributed by atoms with Crippen LogP contribution in [0, 0.1) is 0 Å². The first-order valence-electron chi connectivity index (χ1n) is 28.3. The number of hydrogen-bond donors (Lipinski definition) is 0. The number of allylic oxidation sites excluding steroid dienone is 10. The van der Waals surface area contributed by atoms with E-state index < -0.39 is 6.10 Å². The number of unbranched alkanes of at least 4 members (excludes halogenated alkanes) is 33. The molecule has 0 aromatic carbocycles. The number of esters is 3. The van der Waals surface area contributed by atoms with Crippen molar-refractivity contribution in [2.75, 3.05) is 13.2 Å². The highest BCUT2D eigenvalue weighted by Gasteiger charge is 2.19. The van der Waals surface area contributed by atoms with Crippen molar-refractivity contribution in [3.8, 4) is 0 Å². The summed E-state index contributed by atoms with van der Waals surface area (Å²) >= 11 is 0. The summed E-state index contributed by atoms with van der Waals surface area (Å²) in [6.45, 7) is 6.50. The van der Waals surface area contributed by atoms with E-state index in [0.29, 0.717) is 19.3 Å². The first-order valence-corrected chi connectivity index (χ1v) is 28.3. The number of carbonyl (C=O) groups excluding carboxylic acids is 3. The summed E-state index contributed by atoms with van der Waals surface area (Å²) in [5.74, 6) is -0.904. The van der Waals surface area contributed by atoms with Crippen LogP contribution in [0.2, 0.25) is 0 Å².